The van der Waals surface area contributed by atoms with Crippen LogP contribution in [0.15, 0.2) is 41.4 Å². The summed E-state index contributed by atoms with van der Waals surface area (Å²) in [6.07, 6.45) is 1.50. The van der Waals surface area contributed by atoms with Crippen molar-refractivity contribution in [1.29, 1.82) is 0 Å². The molecule has 0 aliphatic heterocycles. The Hall–Kier alpha value is -1.90. The van der Waals surface area contributed by atoms with Gasteiger partial charge in [0.1, 0.15) is 16.4 Å². The largest absolute Gasteiger partial charge is 0.357 e. The summed E-state index contributed by atoms with van der Waals surface area (Å²) in [7, 11) is -4.22. The van der Waals surface area contributed by atoms with E-state index in [1.807, 2.05) is 5.43 Å². The highest BCUT2D eigenvalue weighted by Gasteiger charge is 2.20. The minimum atomic E-state index is -4.22. The molecule has 106 valence electrons. The Morgan fingerprint density at radius 1 is 1.30 bits per heavy atom. The highest BCUT2D eigenvalue weighted by molar-refractivity contribution is 7.89. The number of H-pyrrole nitrogens is 1. The van der Waals surface area contributed by atoms with E-state index in [2.05, 4.69) is 4.98 Å². The number of hydrazine groups is 1. The fraction of sp³-hybridized carbons (Fsp3) is 0. The Morgan fingerprint density at radius 3 is 2.65 bits per heavy atom. The lowest BCUT2D eigenvalue weighted by atomic mass is 10.3. The van der Waals surface area contributed by atoms with Gasteiger partial charge >= 0.3 is 0 Å². The van der Waals surface area contributed by atoms with E-state index in [1.54, 1.807) is 10.9 Å². The number of hydrogen-bond donors (Lipinski definition) is 3. The van der Waals surface area contributed by atoms with Crippen molar-refractivity contribution in [3.63, 3.8) is 0 Å². The van der Waals surface area contributed by atoms with E-state index in [-0.39, 0.29) is 10.7 Å². The zero-order valence-electron chi connectivity index (χ0n) is 9.85. The van der Waals surface area contributed by atoms with E-state index in [1.165, 1.54) is 18.3 Å². The number of amides is 1. The molecule has 1 heterocycles. The average Bonchev–Trinajstić information content (AvgIpc) is 2.89. The number of benzene rings is 1. The summed E-state index contributed by atoms with van der Waals surface area (Å²) >= 11 is 5.53. The summed E-state index contributed by atoms with van der Waals surface area (Å²) in [6, 6.07) is 6.12. The molecular formula is C11H9ClFN3O3S. The molecule has 0 radical (unpaired) electrons. The Balaban J connectivity index is 2.14. The first-order valence-corrected chi connectivity index (χ1v) is 7.17. The second-order valence-corrected chi connectivity index (χ2v) is 5.81. The number of hydrogen-bond acceptors (Lipinski definition) is 3. The molecule has 2 aromatic rings. The summed E-state index contributed by atoms with van der Waals surface area (Å²) in [5.41, 5.74) is 2.11. The third-order valence-corrected chi connectivity index (χ3v) is 3.84. The van der Waals surface area contributed by atoms with Crippen molar-refractivity contribution >= 4 is 27.5 Å². The maximum absolute atomic E-state index is 13.5. The molecule has 0 spiro atoms. The number of carbonyl (C=O) groups is 1. The van der Waals surface area contributed by atoms with Crippen LogP contribution in [0.5, 0.6) is 0 Å². The molecule has 1 amide bonds. The van der Waals surface area contributed by atoms with Crippen molar-refractivity contribution in [1.82, 2.24) is 15.2 Å². The molecule has 0 fully saturated rings. The first-order valence-electron chi connectivity index (χ1n) is 5.31. The lowest BCUT2D eigenvalue weighted by Crippen LogP contribution is -2.41. The zero-order valence-corrected chi connectivity index (χ0v) is 11.4. The third-order valence-electron chi connectivity index (χ3n) is 2.32. The van der Waals surface area contributed by atoms with Crippen molar-refractivity contribution < 1.29 is 17.6 Å². The van der Waals surface area contributed by atoms with Gasteiger partial charge in [0.25, 0.3) is 15.9 Å². The number of aromatic nitrogens is 1. The molecule has 0 saturated carbocycles. The molecule has 20 heavy (non-hydrogen) atoms. The summed E-state index contributed by atoms with van der Waals surface area (Å²) in [4.78, 5) is 15.3. The molecule has 0 saturated heterocycles. The summed E-state index contributed by atoms with van der Waals surface area (Å²) < 4.78 is 37.2. The van der Waals surface area contributed by atoms with Gasteiger partial charge in [0.15, 0.2) is 0 Å². The Bertz CT molecular complexity index is 731. The minimum Gasteiger partial charge on any atom is -0.357 e. The second-order valence-electron chi connectivity index (χ2n) is 3.72. The fourth-order valence-electron chi connectivity index (χ4n) is 1.40. The number of carbonyl (C=O) groups excluding carboxylic acids is 1. The Morgan fingerprint density at radius 2 is 2.05 bits per heavy atom. The van der Waals surface area contributed by atoms with Gasteiger partial charge in [0, 0.05) is 11.2 Å². The van der Waals surface area contributed by atoms with Crippen molar-refractivity contribution in [2.24, 2.45) is 0 Å². The minimum absolute atomic E-state index is 0.0665. The molecule has 9 heteroatoms. The van der Waals surface area contributed by atoms with Crippen molar-refractivity contribution in [2.45, 2.75) is 4.90 Å². The highest BCUT2D eigenvalue weighted by atomic mass is 35.5. The molecule has 0 atom stereocenters. The number of halogens is 2. The summed E-state index contributed by atoms with van der Waals surface area (Å²) in [6.45, 7) is 0. The van der Waals surface area contributed by atoms with Gasteiger partial charge in [-0.05, 0) is 30.3 Å². The predicted octanol–water partition coefficient (Wildman–Crippen LogP) is 1.43. The van der Waals surface area contributed by atoms with Crippen LogP contribution in [0.1, 0.15) is 10.5 Å². The summed E-state index contributed by atoms with van der Waals surface area (Å²) in [5.74, 6) is -1.72. The molecule has 3 N–H and O–H groups in total. The smallest absolute Gasteiger partial charge is 0.282 e. The molecule has 0 bridgehead atoms. The lowest BCUT2D eigenvalue weighted by Gasteiger charge is -2.08. The van der Waals surface area contributed by atoms with Gasteiger partial charge < -0.3 is 4.98 Å². The lowest BCUT2D eigenvalue weighted by molar-refractivity contribution is 0.0940. The first kappa shape index (κ1) is 14.5. The van der Waals surface area contributed by atoms with Crippen LogP contribution in [0, 0.1) is 5.82 Å². The van der Waals surface area contributed by atoms with Crippen LogP contribution in [-0.2, 0) is 10.0 Å². The van der Waals surface area contributed by atoms with E-state index in [9.17, 15) is 17.6 Å². The molecule has 0 unspecified atom stereocenters. The molecule has 6 nitrogen and oxygen atoms in total. The average molecular weight is 318 g/mol. The van der Waals surface area contributed by atoms with Gasteiger partial charge in [-0.25, -0.2) is 12.8 Å². The van der Waals surface area contributed by atoms with Gasteiger partial charge in [0.2, 0.25) is 0 Å². The van der Waals surface area contributed by atoms with Crippen LogP contribution in [-0.4, -0.2) is 19.3 Å². The molecule has 1 aromatic carbocycles. The monoisotopic (exact) mass is 317 g/mol. The van der Waals surface area contributed by atoms with E-state index < -0.39 is 26.6 Å². The number of sulfonamides is 1. The van der Waals surface area contributed by atoms with Crippen molar-refractivity contribution in [2.75, 3.05) is 0 Å². The van der Waals surface area contributed by atoms with E-state index >= 15 is 0 Å². The number of nitrogens with one attached hydrogen (secondary N) is 3. The van der Waals surface area contributed by atoms with Gasteiger partial charge in [-0.1, -0.05) is 11.6 Å². The van der Waals surface area contributed by atoms with E-state index in [0.717, 1.165) is 12.1 Å². The SMILES string of the molecule is O=C(NNS(=O)(=O)c1ccc(Cl)cc1F)c1ccc[nH]1. The van der Waals surface area contributed by atoms with Gasteiger partial charge in [-0.15, -0.1) is 4.83 Å². The van der Waals surface area contributed by atoms with Gasteiger partial charge in [-0.2, -0.15) is 0 Å². The zero-order chi connectivity index (χ0) is 14.8. The molecule has 0 aliphatic rings. The van der Waals surface area contributed by atoms with Crippen LogP contribution >= 0.6 is 11.6 Å². The van der Waals surface area contributed by atoms with Crippen LogP contribution in [0.3, 0.4) is 0 Å². The number of rotatable bonds is 4. The fourth-order valence-corrected chi connectivity index (χ4v) is 2.46. The van der Waals surface area contributed by atoms with E-state index in [4.69, 9.17) is 11.6 Å². The molecular weight excluding hydrogens is 309 g/mol. The van der Waals surface area contributed by atoms with Crippen LogP contribution in [0.2, 0.25) is 5.02 Å². The molecule has 0 aliphatic carbocycles. The topological polar surface area (TPSA) is 91.1 Å². The highest BCUT2D eigenvalue weighted by Crippen LogP contribution is 2.18. The molecule has 2 rings (SSSR count). The quantitative estimate of drug-likeness (QED) is 0.745. The first-order chi connectivity index (χ1) is 9.40. The third kappa shape index (κ3) is 3.16. The van der Waals surface area contributed by atoms with Gasteiger partial charge in [-0.3, -0.25) is 10.2 Å². The maximum Gasteiger partial charge on any atom is 0.282 e. The van der Waals surface area contributed by atoms with Crippen molar-refractivity contribution in [3.05, 3.63) is 53.1 Å². The van der Waals surface area contributed by atoms with Gasteiger partial charge in [0.05, 0.1) is 0 Å². The van der Waals surface area contributed by atoms with Crippen LogP contribution in [0.25, 0.3) is 0 Å². The van der Waals surface area contributed by atoms with Crippen LogP contribution in [0.4, 0.5) is 4.39 Å². The van der Waals surface area contributed by atoms with Crippen LogP contribution < -0.4 is 10.3 Å². The standard InChI is InChI=1S/C11H9ClFN3O3S/c12-7-3-4-10(8(13)6-7)20(18,19)16-15-11(17)9-2-1-5-14-9/h1-6,14,16H,(H,15,17). The van der Waals surface area contributed by atoms with Crippen molar-refractivity contribution in [3.8, 4) is 0 Å². The second kappa shape index (κ2) is 5.61. The normalized spacial score (nSPS) is 11.3. The van der Waals surface area contributed by atoms with E-state index in [0.29, 0.717) is 0 Å². The summed E-state index contributed by atoms with van der Waals surface area (Å²) in [5, 5.41) is 0.0665. The predicted molar refractivity (Wildman–Crippen MR) is 70.0 cm³/mol. The number of aromatic amines is 1. The Kier molecular flexibility index (Phi) is 4.07. The maximum atomic E-state index is 13.5. The molecule has 1 aromatic heterocycles. The Labute approximate surface area is 119 Å².